The van der Waals surface area contributed by atoms with Gasteiger partial charge >= 0.3 is 0 Å². The van der Waals surface area contributed by atoms with E-state index in [2.05, 4.69) is 10.2 Å². The van der Waals surface area contributed by atoms with Gasteiger partial charge in [0.15, 0.2) is 6.61 Å². The Morgan fingerprint density at radius 3 is 2.89 bits per heavy atom. The van der Waals surface area contributed by atoms with E-state index >= 15 is 0 Å². The third-order valence-electron chi connectivity index (χ3n) is 3.13. The minimum atomic E-state index is -0.176. The van der Waals surface area contributed by atoms with Gasteiger partial charge in [0.25, 0.3) is 5.91 Å². The van der Waals surface area contributed by atoms with Crippen LogP contribution in [-0.4, -0.2) is 37.8 Å². The third-order valence-corrected chi connectivity index (χ3v) is 3.13. The number of amides is 1. The monoisotopic (exact) mass is 264 g/mol. The van der Waals surface area contributed by atoms with E-state index < -0.39 is 0 Å². The molecule has 0 radical (unpaired) electrons. The number of carbonyl (C=O) groups excluding carboxylic acids is 1. The van der Waals surface area contributed by atoms with Gasteiger partial charge in [-0.2, -0.15) is 0 Å². The topological polar surface area (TPSA) is 61.8 Å². The van der Waals surface area contributed by atoms with Gasteiger partial charge in [0.1, 0.15) is 5.75 Å². The predicted molar refractivity (Wildman–Crippen MR) is 74.7 cm³/mol. The number of nitrogens with zero attached hydrogens (tertiary/aromatic N) is 1. The number of hydrogen-bond acceptors (Lipinski definition) is 4. The normalized spacial score (nSPS) is 14.4. The zero-order chi connectivity index (χ0) is 14.0. The second-order valence-electron chi connectivity index (χ2n) is 5.70. The van der Waals surface area contributed by atoms with E-state index in [4.69, 9.17) is 4.74 Å². The molecule has 19 heavy (non-hydrogen) atoms. The molecule has 0 aliphatic carbocycles. The number of hydrogen-bond donors (Lipinski definition) is 2. The van der Waals surface area contributed by atoms with Gasteiger partial charge in [-0.15, -0.1) is 0 Å². The molecule has 0 spiro atoms. The van der Waals surface area contributed by atoms with Crippen LogP contribution < -0.4 is 15.0 Å². The van der Waals surface area contributed by atoms with Crippen molar-refractivity contribution in [1.29, 1.82) is 0 Å². The fourth-order valence-electron chi connectivity index (χ4n) is 2.09. The molecule has 2 N–H and O–H groups in total. The van der Waals surface area contributed by atoms with Crippen LogP contribution in [0.4, 0.5) is 11.4 Å². The van der Waals surface area contributed by atoms with Crippen LogP contribution in [0, 0.1) is 5.41 Å². The number of anilines is 2. The third kappa shape index (κ3) is 3.17. The molecule has 1 aromatic carbocycles. The number of ether oxygens (including phenoxy) is 1. The summed E-state index contributed by atoms with van der Waals surface area (Å²) in [6.07, 6.45) is 0. The quantitative estimate of drug-likeness (QED) is 0.864. The lowest BCUT2D eigenvalue weighted by molar-refractivity contribution is -0.118. The Kier molecular flexibility index (Phi) is 3.66. The van der Waals surface area contributed by atoms with Crippen LogP contribution in [-0.2, 0) is 4.79 Å². The Morgan fingerprint density at radius 2 is 2.21 bits per heavy atom. The number of benzene rings is 1. The molecule has 5 heteroatoms. The van der Waals surface area contributed by atoms with Crippen LogP contribution in [0.3, 0.4) is 0 Å². The number of fused-ring (bicyclic) bond motifs is 1. The summed E-state index contributed by atoms with van der Waals surface area (Å²) in [6, 6.07) is 5.69. The van der Waals surface area contributed by atoms with E-state index in [1.807, 2.05) is 39.1 Å². The lowest BCUT2D eigenvalue weighted by Crippen LogP contribution is -2.34. The smallest absolute Gasteiger partial charge is 0.262 e. The molecule has 5 nitrogen and oxygen atoms in total. The van der Waals surface area contributed by atoms with E-state index in [-0.39, 0.29) is 24.5 Å². The molecule has 104 valence electrons. The van der Waals surface area contributed by atoms with E-state index in [1.165, 1.54) is 0 Å². The second kappa shape index (κ2) is 5.09. The SMILES string of the molecule is CN(CC(C)(C)CO)c1ccc2c(c1)NC(=O)CO2. The fourth-order valence-corrected chi connectivity index (χ4v) is 2.09. The van der Waals surface area contributed by atoms with Crippen LogP contribution >= 0.6 is 0 Å². The Balaban J connectivity index is 2.17. The molecule has 2 rings (SSSR count). The first-order valence-electron chi connectivity index (χ1n) is 6.30. The standard InChI is InChI=1S/C14H20N2O3/c1-14(2,9-17)8-16(3)10-4-5-12-11(6-10)15-13(18)7-19-12/h4-6,17H,7-9H2,1-3H3,(H,15,18). The van der Waals surface area contributed by atoms with E-state index in [1.54, 1.807) is 0 Å². The van der Waals surface area contributed by atoms with E-state index in [0.717, 1.165) is 12.2 Å². The van der Waals surface area contributed by atoms with Gasteiger partial charge in [0.2, 0.25) is 0 Å². The molecule has 0 saturated carbocycles. The van der Waals surface area contributed by atoms with Gasteiger partial charge in [-0.25, -0.2) is 0 Å². The summed E-state index contributed by atoms with van der Waals surface area (Å²) < 4.78 is 5.32. The Morgan fingerprint density at radius 1 is 1.47 bits per heavy atom. The Bertz CT molecular complexity index is 486. The Hall–Kier alpha value is -1.75. The zero-order valence-corrected chi connectivity index (χ0v) is 11.6. The van der Waals surface area contributed by atoms with E-state index in [9.17, 15) is 9.90 Å². The highest BCUT2D eigenvalue weighted by Gasteiger charge is 2.21. The molecule has 0 saturated heterocycles. The van der Waals surface area contributed by atoms with Crippen molar-refractivity contribution >= 4 is 17.3 Å². The van der Waals surface area contributed by atoms with Crippen LogP contribution in [0.1, 0.15) is 13.8 Å². The number of aliphatic hydroxyl groups is 1. The van der Waals surface area contributed by atoms with Crippen molar-refractivity contribution in [3.63, 3.8) is 0 Å². The van der Waals surface area contributed by atoms with Crippen molar-refractivity contribution in [3.05, 3.63) is 18.2 Å². The van der Waals surface area contributed by atoms with Gasteiger partial charge in [-0.05, 0) is 18.2 Å². The van der Waals surface area contributed by atoms with Crippen LogP contribution in [0.5, 0.6) is 5.75 Å². The second-order valence-corrected chi connectivity index (χ2v) is 5.70. The summed E-state index contributed by atoms with van der Waals surface area (Å²) in [5.41, 5.74) is 1.50. The molecule has 0 unspecified atom stereocenters. The van der Waals surface area contributed by atoms with Crippen molar-refractivity contribution in [2.24, 2.45) is 5.41 Å². The maximum absolute atomic E-state index is 11.3. The highest BCUT2D eigenvalue weighted by Crippen LogP contribution is 2.32. The van der Waals surface area contributed by atoms with Gasteiger partial charge in [-0.1, -0.05) is 13.8 Å². The van der Waals surface area contributed by atoms with Crippen LogP contribution in [0.25, 0.3) is 0 Å². The summed E-state index contributed by atoms with van der Waals surface area (Å²) >= 11 is 0. The molecule has 1 heterocycles. The largest absolute Gasteiger partial charge is 0.482 e. The summed E-state index contributed by atoms with van der Waals surface area (Å²) in [4.78, 5) is 13.4. The van der Waals surface area contributed by atoms with E-state index in [0.29, 0.717) is 11.4 Å². The first kappa shape index (κ1) is 13.7. The summed E-state index contributed by atoms with van der Waals surface area (Å²) in [7, 11) is 1.96. The van der Waals surface area contributed by atoms with Gasteiger partial charge in [0.05, 0.1) is 5.69 Å². The first-order chi connectivity index (χ1) is 8.91. The minimum absolute atomic E-state index is 0.0692. The van der Waals surface area contributed by atoms with Gasteiger partial charge in [-0.3, -0.25) is 4.79 Å². The van der Waals surface area contributed by atoms with Crippen molar-refractivity contribution in [2.75, 3.05) is 37.0 Å². The number of carbonyl (C=O) groups is 1. The average Bonchev–Trinajstić information content (AvgIpc) is 2.37. The molecule has 0 atom stereocenters. The van der Waals surface area contributed by atoms with Crippen molar-refractivity contribution in [1.82, 2.24) is 0 Å². The first-order valence-corrected chi connectivity index (χ1v) is 6.30. The Labute approximate surface area is 113 Å². The molecule has 0 bridgehead atoms. The maximum Gasteiger partial charge on any atom is 0.262 e. The maximum atomic E-state index is 11.3. The predicted octanol–water partition coefficient (Wildman–Crippen LogP) is 1.47. The lowest BCUT2D eigenvalue weighted by atomic mass is 9.94. The van der Waals surface area contributed by atoms with Crippen molar-refractivity contribution in [2.45, 2.75) is 13.8 Å². The summed E-state index contributed by atoms with van der Waals surface area (Å²) in [5.74, 6) is 0.557. The molecule has 0 aromatic heterocycles. The lowest BCUT2D eigenvalue weighted by Gasteiger charge is -2.30. The molecule has 1 aliphatic rings. The molecule has 1 amide bonds. The number of aliphatic hydroxyl groups excluding tert-OH is 1. The van der Waals surface area contributed by atoms with Crippen LogP contribution in [0.15, 0.2) is 18.2 Å². The highest BCUT2D eigenvalue weighted by atomic mass is 16.5. The average molecular weight is 264 g/mol. The van der Waals surface area contributed by atoms with Crippen molar-refractivity contribution < 1.29 is 14.6 Å². The number of rotatable bonds is 4. The highest BCUT2D eigenvalue weighted by molar-refractivity contribution is 5.96. The van der Waals surface area contributed by atoms with Crippen molar-refractivity contribution in [3.8, 4) is 5.75 Å². The zero-order valence-electron chi connectivity index (χ0n) is 11.6. The van der Waals surface area contributed by atoms with Crippen LogP contribution in [0.2, 0.25) is 0 Å². The molecule has 1 aliphatic heterocycles. The molecular formula is C14H20N2O3. The molecule has 0 fully saturated rings. The molecular weight excluding hydrogens is 244 g/mol. The molecule has 1 aromatic rings. The minimum Gasteiger partial charge on any atom is -0.482 e. The van der Waals surface area contributed by atoms with Gasteiger partial charge < -0.3 is 20.1 Å². The summed E-state index contributed by atoms with van der Waals surface area (Å²) in [5, 5.41) is 12.1. The van der Waals surface area contributed by atoms with Gasteiger partial charge in [0, 0.05) is 31.3 Å². The fraction of sp³-hybridized carbons (Fsp3) is 0.500. The summed E-state index contributed by atoms with van der Waals surface area (Å²) in [6.45, 7) is 4.93. The number of nitrogens with one attached hydrogen (secondary N) is 1.